The second kappa shape index (κ2) is 7.45. The van der Waals surface area contributed by atoms with Gasteiger partial charge in [0.1, 0.15) is 17.3 Å². The van der Waals surface area contributed by atoms with Crippen LogP contribution in [0.25, 0.3) is 0 Å². The van der Waals surface area contributed by atoms with Crippen LogP contribution in [0.5, 0.6) is 11.5 Å². The van der Waals surface area contributed by atoms with Crippen LogP contribution in [0, 0.1) is 12.7 Å². The van der Waals surface area contributed by atoms with Crippen molar-refractivity contribution in [3.05, 3.63) is 58.9 Å². The van der Waals surface area contributed by atoms with E-state index < -0.39 is 17.6 Å². The summed E-state index contributed by atoms with van der Waals surface area (Å²) in [7, 11) is 2.92. The molecule has 0 heterocycles. The summed E-state index contributed by atoms with van der Waals surface area (Å²) >= 11 is 0. The Hall–Kier alpha value is -3.09. The van der Waals surface area contributed by atoms with Crippen molar-refractivity contribution in [2.24, 2.45) is 0 Å². The fraction of sp³-hybridized carbons (Fsp3) is 0.176. The van der Waals surface area contributed by atoms with Gasteiger partial charge in [-0.1, -0.05) is 6.07 Å². The Morgan fingerprint density at radius 2 is 1.42 bits per heavy atom. The minimum Gasteiger partial charge on any atom is -0.497 e. The topological polar surface area (TPSA) is 76.7 Å². The second-order valence-electron chi connectivity index (χ2n) is 4.97. The molecule has 0 aliphatic carbocycles. The molecule has 0 saturated carbocycles. The number of hydrazine groups is 1. The SMILES string of the molecule is COc1cc(OC)cc(C(=O)NNC(=O)c2ccc(C)c(F)c2)c1. The lowest BCUT2D eigenvalue weighted by Crippen LogP contribution is -2.41. The average Bonchev–Trinajstić information content (AvgIpc) is 2.60. The summed E-state index contributed by atoms with van der Waals surface area (Å²) in [5.41, 5.74) is 5.26. The number of carbonyl (C=O) groups is 2. The molecule has 0 spiro atoms. The molecule has 24 heavy (non-hydrogen) atoms. The number of carbonyl (C=O) groups excluding carboxylic acids is 2. The fourth-order valence-corrected chi connectivity index (χ4v) is 1.93. The molecule has 2 N–H and O–H groups in total. The van der Waals surface area contributed by atoms with Crippen molar-refractivity contribution in [3.63, 3.8) is 0 Å². The van der Waals surface area contributed by atoms with Gasteiger partial charge in [-0.15, -0.1) is 0 Å². The highest BCUT2D eigenvalue weighted by molar-refractivity contribution is 5.99. The highest BCUT2D eigenvalue weighted by Crippen LogP contribution is 2.22. The van der Waals surface area contributed by atoms with Crippen LogP contribution in [-0.2, 0) is 0 Å². The van der Waals surface area contributed by atoms with Gasteiger partial charge in [0.05, 0.1) is 14.2 Å². The fourth-order valence-electron chi connectivity index (χ4n) is 1.93. The van der Waals surface area contributed by atoms with E-state index in [0.29, 0.717) is 17.1 Å². The van der Waals surface area contributed by atoms with E-state index in [-0.39, 0.29) is 11.1 Å². The van der Waals surface area contributed by atoms with Crippen molar-refractivity contribution in [2.75, 3.05) is 14.2 Å². The maximum atomic E-state index is 13.5. The normalized spacial score (nSPS) is 10.0. The summed E-state index contributed by atoms with van der Waals surface area (Å²) in [6.07, 6.45) is 0. The quantitative estimate of drug-likeness (QED) is 0.842. The Bertz CT molecular complexity index is 755. The van der Waals surface area contributed by atoms with Gasteiger partial charge in [-0.05, 0) is 36.8 Å². The Labute approximate surface area is 138 Å². The molecule has 7 heteroatoms. The molecular weight excluding hydrogens is 315 g/mol. The molecule has 0 aliphatic rings. The molecule has 0 bridgehead atoms. The van der Waals surface area contributed by atoms with Gasteiger partial charge in [0.2, 0.25) is 0 Å². The lowest BCUT2D eigenvalue weighted by atomic mass is 10.1. The number of hydrogen-bond acceptors (Lipinski definition) is 4. The minimum atomic E-state index is -0.628. The Kier molecular flexibility index (Phi) is 5.36. The molecule has 0 aromatic heterocycles. The van der Waals surface area contributed by atoms with Gasteiger partial charge in [-0.2, -0.15) is 0 Å². The summed E-state index contributed by atoms with van der Waals surface area (Å²) in [6, 6.07) is 8.66. The lowest BCUT2D eigenvalue weighted by molar-refractivity contribution is 0.0846. The first-order valence-electron chi connectivity index (χ1n) is 7.04. The number of nitrogens with one attached hydrogen (secondary N) is 2. The van der Waals surface area contributed by atoms with Crippen molar-refractivity contribution < 1.29 is 23.5 Å². The van der Waals surface area contributed by atoms with E-state index >= 15 is 0 Å². The van der Waals surface area contributed by atoms with Gasteiger partial charge in [0.25, 0.3) is 11.8 Å². The van der Waals surface area contributed by atoms with Crippen molar-refractivity contribution in [1.29, 1.82) is 0 Å². The van der Waals surface area contributed by atoms with Crippen LogP contribution in [0.1, 0.15) is 26.3 Å². The molecule has 0 atom stereocenters. The third kappa shape index (κ3) is 4.01. The summed E-state index contributed by atoms with van der Waals surface area (Å²) in [6.45, 7) is 1.59. The molecule has 2 rings (SSSR count). The number of aryl methyl sites for hydroxylation is 1. The van der Waals surface area contributed by atoms with Crippen molar-refractivity contribution in [1.82, 2.24) is 10.9 Å². The number of amides is 2. The highest BCUT2D eigenvalue weighted by atomic mass is 19.1. The van der Waals surface area contributed by atoms with Crippen LogP contribution >= 0.6 is 0 Å². The molecule has 0 saturated heterocycles. The maximum absolute atomic E-state index is 13.5. The van der Waals surface area contributed by atoms with Gasteiger partial charge in [-0.25, -0.2) is 4.39 Å². The van der Waals surface area contributed by atoms with E-state index in [2.05, 4.69) is 10.9 Å². The molecule has 2 aromatic rings. The predicted octanol–water partition coefficient (Wildman–Crippen LogP) is 2.23. The van der Waals surface area contributed by atoms with Gasteiger partial charge < -0.3 is 9.47 Å². The number of halogens is 1. The predicted molar refractivity (Wildman–Crippen MR) is 85.6 cm³/mol. The number of ether oxygens (including phenoxy) is 2. The summed E-state index contributed by atoms with van der Waals surface area (Å²) < 4.78 is 23.6. The zero-order valence-electron chi connectivity index (χ0n) is 13.5. The number of rotatable bonds is 4. The van der Waals surface area contributed by atoms with E-state index in [9.17, 15) is 14.0 Å². The van der Waals surface area contributed by atoms with E-state index in [1.807, 2.05) is 0 Å². The molecular formula is C17H17FN2O4. The summed E-state index contributed by atoms with van der Waals surface area (Å²) in [5.74, 6) is -0.811. The molecule has 6 nitrogen and oxygen atoms in total. The van der Waals surface area contributed by atoms with Crippen LogP contribution in [0.3, 0.4) is 0 Å². The minimum absolute atomic E-state index is 0.0987. The monoisotopic (exact) mass is 332 g/mol. The molecule has 2 aromatic carbocycles. The zero-order chi connectivity index (χ0) is 17.7. The Balaban J connectivity index is 2.07. The van der Waals surface area contributed by atoms with E-state index in [4.69, 9.17) is 9.47 Å². The number of methoxy groups -OCH3 is 2. The van der Waals surface area contributed by atoms with E-state index in [1.165, 1.54) is 38.5 Å². The average molecular weight is 332 g/mol. The third-order valence-electron chi connectivity index (χ3n) is 3.34. The molecule has 2 amide bonds. The molecule has 0 aliphatic heterocycles. The van der Waals surface area contributed by atoms with Crippen molar-refractivity contribution in [2.45, 2.75) is 6.92 Å². The molecule has 126 valence electrons. The van der Waals surface area contributed by atoms with E-state index in [1.54, 1.807) is 13.0 Å². The number of hydrogen-bond donors (Lipinski definition) is 2. The van der Waals surface area contributed by atoms with Crippen molar-refractivity contribution >= 4 is 11.8 Å². The maximum Gasteiger partial charge on any atom is 0.269 e. The molecule has 0 unspecified atom stereocenters. The Morgan fingerprint density at radius 1 is 0.875 bits per heavy atom. The second-order valence-corrected chi connectivity index (χ2v) is 4.97. The van der Waals surface area contributed by atoms with Crippen molar-refractivity contribution in [3.8, 4) is 11.5 Å². The first-order valence-corrected chi connectivity index (χ1v) is 7.04. The highest BCUT2D eigenvalue weighted by Gasteiger charge is 2.12. The largest absolute Gasteiger partial charge is 0.497 e. The number of benzene rings is 2. The first-order chi connectivity index (χ1) is 11.4. The first kappa shape index (κ1) is 17.3. The zero-order valence-corrected chi connectivity index (χ0v) is 13.5. The van der Waals surface area contributed by atoms with Gasteiger partial charge in [0, 0.05) is 17.2 Å². The van der Waals surface area contributed by atoms with Gasteiger partial charge in [0.15, 0.2) is 0 Å². The summed E-state index contributed by atoms with van der Waals surface area (Å²) in [4.78, 5) is 24.1. The Morgan fingerprint density at radius 3 is 1.92 bits per heavy atom. The van der Waals surface area contributed by atoms with Crippen LogP contribution in [-0.4, -0.2) is 26.0 Å². The smallest absolute Gasteiger partial charge is 0.269 e. The van der Waals surface area contributed by atoms with Crippen LogP contribution in [0.2, 0.25) is 0 Å². The third-order valence-corrected chi connectivity index (χ3v) is 3.34. The van der Waals surface area contributed by atoms with Gasteiger partial charge in [-0.3, -0.25) is 20.4 Å². The lowest BCUT2D eigenvalue weighted by Gasteiger charge is -2.10. The summed E-state index contributed by atoms with van der Waals surface area (Å²) in [5, 5.41) is 0. The standard InChI is InChI=1S/C17H17FN2O4/c1-10-4-5-11(8-15(10)18)16(21)19-20-17(22)12-6-13(23-2)9-14(7-12)24-3/h4-9H,1-3H3,(H,19,21)(H,20,22). The van der Waals surface area contributed by atoms with Crippen LogP contribution < -0.4 is 20.3 Å². The van der Waals surface area contributed by atoms with Crippen LogP contribution in [0.4, 0.5) is 4.39 Å². The van der Waals surface area contributed by atoms with Crippen LogP contribution in [0.15, 0.2) is 36.4 Å². The molecule has 0 radical (unpaired) electrons. The van der Waals surface area contributed by atoms with Gasteiger partial charge >= 0.3 is 0 Å². The van der Waals surface area contributed by atoms with E-state index in [0.717, 1.165) is 6.07 Å². The molecule has 0 fully saturated rings.